The number of piperidine rings is 1. The fraction of sp³-hybridized carbons (Fsp3) is 0.478. The molecule has 0 radical (unpaired) electrons. The third kappa shape index (κ3) is 6.53. The van der Waals surface area contributed by atoms with Crippen molar-refractivity contribution in [3.63, 3.8) is 0 Å². The van der Waals surface area contributed by atoms with Gasteiger partial charge in [0.15, 0.2) is 5.13 Å². The normalized spacial score (nSPS) is 17.8. The Morgan fingerprint density at radius 3 is 2.75 bits per heavy atom. The fourth-order valence-electron chi connectivity index (χ4n) is 3.66. The highest BCUT2D eigenvalue weighted by atomic mass is 32.1. The first-order valence-electron chi connectivity index (χ1n) is 10.9. The Balaban J connectivity index is 1.59. The van der Waals surface area contributed by atoms with Gasteiger partial charge >= 0.3 is 6.09 Å². The van der Waals surface area contributed by atoms with Gasteiger partial charge in [-0.15, -0.1) is 11.3 Å². The maximum atomic E-state index is 13.3. The number of anilines is 1. The van der Waals surface area contributed by atoms with Crippen LogP contribution in [0.25, 0.3) is 0 Å². The molecule has 2 heterocycles. The Morgan fingerprint density at radius 1 is 1.28 bits per heavy atom. The molecule has 0 aliphatic carbocycles. The minimum Gasteiger partial charge on any atom is -0.445 e. The second kappa shape index (κ2) is 11.6. The number of nitrogens with one attached hydrogen (secondary N) is 2. The fourth-order valence-corrected chi connectivity index (χ4v) is 4.19. The van der Waals surface area contributed by atoms with E-state index in [0.717, 1.165) is 18.4 Å². The van der Waals surface area contributed by atoms with Crippen LogP contribution in [0.3, 0.4) is 0 Å². The van der Waals surface area contributed by atoms with Crippen molar-refractivity contribution >= 4 is 34.4 Å². The number of benzene rings is 1. The summed E-state index contributed by atoms with van der Waals surface area (Å²) in [5, 5.41) is 7.93. The van der Waals surface area contributed by atoms with Crippen LogP contribution in [0.5, 0.6) is 0 Å². The van der Waals surface area contributed by atoms with Crippen LogP contribution in [0.4, 0.5) is 9.93 Å². The minimum atomic E-state index is -0.705. The average molecular weight is 459 g/mol. The van der Waals surface area contributed by atoms with Crippen molar-refractivity contribution in [3.8, 4) is 0 Å². The van der Waals surface area contributed by atoms with Crippen LogP contribution in [-0.4, -0.2) is 46.9 Å². The Hall–Kier alpha value is -2.94. The van der Waals surface area contributed by atoms with Crippen molar-refractivity contribution in [1.29, 1.82) is 0 Å². The van der Waals surface area contributed by atoms with Gasteiger partial charge in [0.05, 0.1) is 5.92 Å². The van der Waals surface area contributed by atoms with E-state index in [4.69, 9.17) is 4.74 Å². The number of nitrogens with zero attached hydrogens (tertiary/aromatic N) is 2. The molecule has 9 heteroatoms. The molecule has 8 nitrogen and oxygen atoms in total. The van der Waals surface area contributed by atoms with Gasteiger partial charge in [-0.2, -0.15) is 0 Å². The van der Waals surface area contributed by atoms with Crippen molar-refractivity contribution in [2.75, 3.05) is 18.4 Å². The molecule has 0 spiro atoms. The Morgan fingerprint density at radius 2 is 2.06 bits per heavy atom. The van der Waals surface area contributed by atoms with Gasteiger partial charge in [0.1, 0.15) is 12.6 Å². The van der Waals surface area contributed by atoms with Crippen LogP contribution >= 0.6 is 11.3 Å². The number of hydrogen-bond acceptors (Lipinski definition) is 6. The summed E-state index contributed by atoms with van der Waals surface area (Å²) in [6, 6.07) is 8.68. The molecule has 1 saturated heterocycles. The van der Waals surface area contributed by atoms with Gasteiger partial charge < -0.3 is 20.3 Å². The summed E-state index contributed by atoms with van der Waals surface area (Å²) in [4.78, 5) is 44.1. The number of aromatic nitrogens is 1. The highest BCUT2D eigenvalue weighted by Gasteiger charge is 2.35. The molecule has 3 amide bonds. The van der Waals surface area contributed by atoms with Gasteiger partial charge in [-0.3, -0.25) is 9.59 Å². The molecule has 1 fully saturated rings. The predicted molar refractivity (Wildman–Crippen MR) is 123 cm³/mol. The standard InChI is InChI=1S/C23H30N4O4S/c1-3-16(2)19(25-23(30)31-15-17-8-5-4-6-9-17)21(29)27-12-7-10-18(14-27)20(28)26-22-24-11-13-32-22/h4-6,8-9,11,13,16,18-19H,3,7,10,12,14-15H2,1-2H3,(H,25,30)(H,24,26,28)/t16-,18?,19-/m0/s1. The maximum Gasteiger partial charge on any atom is 0.408 e. The number of rotatable bonds is 8. The summed E-state index contributed by atoms with van der Waals surface area (Å²) in [6.45, 7) is 4.92. The summed E-state index contributed by atoms with van der Waals surface area (Å²) in [6.07, 6.45) is 3.17. The van der Waals surface area contributed by atoms with Crippen LogP contribution in [0, 0.1) is 11.8 Å². The van der Waals surface area contributed by atoms with Gasteiger partial charge in [0.2, 0.25) is 11.8 Å². The Kier molecular flexibility index (Phi) is 8.61. The highest BCUT2D eigenvalue weighted by Crippen LogP contribution is 2.22. The first-order valence-corrected chi connectivity index (χ1v) is 11.8. The second-order valence-electron chi connectivity index (χ2n) is 8.02. The molecule has 1 aliphatic heterocycles. The lowest BCUT2D eigenvalue weighted by atomic mass is 9.93. The van der Waals surface area contributed by atoms with Crippen LogP contribution in [-0.2, 0) is 20.9 Å². The molecule has 172 valence electrons. The molecule has 1 aliphatic rings. The Bertz CT molecular complexity index is 891. The lowest BCUT2D eigenvalue weighted by molar-refractivity contribution is -0.137. The molecule has 1 aromatic carbocycles. The largest absolute Gasteiger partial charge is 0.445 e. The zero-order chi connectivity index (χ0) is 22.9. The SMILES string of the molecule is CC[C@H](C)[C@H](NC(=O)OCc1ccccc1)C(=O)N1CCCC(C(=O)Nc2nccs2)C1. The molecule has 2 N–H and O–H groups in total. The number of carbonyl (C=O) groups excluding carboxylic acids is 3. The van der Waals surface area contributed by atoms with Gasteiger partial charge in [-0.05, 0) is 24.3 Å². The first kappa shape index (κ1) is 23.7. The topological polar surface area (TPSA) is 101 Å². The molecular formula is C23H30N4O4S. The third-order valence-corrected chi connectivity index (χ3v) is 6.42. The summed E-state index contributed by atoms with van der Waals surface area (Å²) in [7, 11) is 0. The van der Waals surface area contributed by atoms with Crippen LogP contribution in [0.1, 0.15) is 38.7 Å². The van der Waals surface area contributed by atoms with Gasteiger partial charge in [-0.25, -0.2) is 9.78 Å². The molecule has 2 aromatic rings. The lowest BCUT2D eigenvalue weighted by Crippen LogP contribution is -2.54. The number of thiazole rings is 1. The number of likely N-dealkylation sites (tertiary alicyclic amines) is 1. The molecular weight excluding hydrogens is 428 g/mol. The van der Waals surface area contributed by atoms with E-state index in [-0.39, 0.29) is 30.3 Å². The van der Waals surface area contributed by atoms with E-state index >= 15 is 0 Å². The van der Waals surface area contributed by atoms with E-state index < -0.39 is 12.1 Å². The summed E-state index contributed by atoms with van der Waals surface area (Å²) < 4.78 is 5.32. The highest BCUT2D eigenvalue weighted by molar-refractivity contribution is 7.13. The van der Waals surface area contributed by atoms with Gasteiger partial charge in [-0.1, -0.05) is 50.6 Å². The number of alkyl carbamates (subject to hydrolysis) is 1. The summed E-state index contributed by atoms with van der Waals surface area (Å²) in [5.74, 6) is -0.689. The number of carbonyl (C=O) groups is 3. The molecule has 1 aromatic heterocycles. The summed E-state index contributed by atoms with van der Waals surface area (Å²) in [5.41, 5.74) is 0.874. The van der Waals surface area contributed by atoms with E-state index in [9.17, 15) is 14.4 Å². The minimum absolute atomic E-state index is 0.0729. The predicted octanol–water partition coefficient (Wildman–Crippen LogP) is 3.66. The third-order valence-electron chi connectivity index (χ3n) is 5.73. The van der Waals surface area contributed by atoms with Crippen molar-refractivity contribution < 1.29 is 19.1 Å². The molecule has 0 saturated carbocycles. The average Bonchev–Trinajstić information content (AvgIpc) is 3.34. The molecule has 1 unspecified atom stereocenters. The van der Waals surface area contributed by atoms with E-state index in [1.54, 1.807) is 16.5 Å². The van der Waals surface area contributed by atoms with E-state index in [2.05, 4.69) is 15.6 Å². The lowest BCUT2D eigenvalue weighted by Gasteiger charge is -2.35. The van der Waals surface area contributed by atoms with Crippen molar-refractivity contribution in [2.45, 2.75) is 45.8 Å². The van der Waals surface area contributed by atoms with Crippen molar-refractivity contribution in [1.82, 2.24) is 15.2 Å². The molecule has 0 bridgehead atoms. The zero-order valence-corrected chi connectivity index (χ0v) is 19.3. The van der Waals surface area contributed by atoms with E-state index in [0.29, 0.717) is 24.6 Å². The van der Waals surface area contributed by atoms with E-state index in [1.807, 2.05) is 44.2 Å². The van der Waals surface area contributed by atoms with E-state index in [1.165, 1.54) is 11.3 Å². The number of hydrogen-bond donors (Lipinski definition) is 2. The first-order chi connectivity index (χ1) is 15.5. The quantitative estimate of drug-likeness (QED) is 0.629. The van der Waals surface area contributed by atoms with Gasteiger partial charge in [0.25, 0.3) is 0 Å². The monoisotopic (exact) mass is 458 g/mol. The second-order valence-corrected chi connectivity index (χ2v) is 8.91. The van der Waals surface area contributed by atoms with Crippen molar-refractivity contribution in [2.24, 2.45) is 11.8 Å². The number of amides is 3. The van der Waals surface area contributed by atoms with Crippen LogP contribution in [0.15, 0.2) is 41.9 Å². The summed E-state index contributed by atoms with van der Waals surface area (Å²) >= 11 is 1.36. The van der Waals surface area contributed by atoms with Gasteiger partial charge in [0, 0.05) is 24.7 Å². The van der Waals surface area contributed by atoms with Crippen LogP contribution < -0.4 is 10.6 Å². The smallest absolute Gasteiger partial charge is 0.408 e. The molecule has 3 atom stereocenters. The van der Waals surface area contributed by atoms with Crippen LogP contribution in [0.2, 0.25) is 0 Å². The maximum absolute atomic E-state index is 13.3. The zero-order valence-electron chi connectivity index (χ0n) is 18.5. The van der Waals surface area contributed by atoms with Crippen molar-refractivity contribution in [3.05, 3.63) is 47.5 Å². The Labute approximate surface area is 192 Å². The molecule has 32 heavy (non-hydrogen) atoms. The molecule has 3 rings (SSSR count). The number of ether oxygens (including phenoxy) is 1.